The Morgan fingerprint density at radius 1 is 1.39 bits per heavy atom. The van der Waals surface area contributed by atoms with Gasteiger partial charge in [0.05, 0.1) is 6.04 Å². The van der Waals surface area contributed by atoms with Crippen molar-refractivity contribution in [1.29, 1.82) is 0 Å². The lowest BCUT2D eigenvalue weighted by atomic mass is 9.90. The summed E-state index contributed by atoms with van der Waals surface area (Å²) in [4.78, 5) is 14.6. The Balaban J connectivity index is 2.05. The van der Waals surface area contributed by atoms with Crippen LogP contribution in [0.1, 0.15) is 25.7 Å². The molecule has 1 aromatic rings. The van der Waals surface area contributed by atoms with Crippen LogP contribution in [0, 0.1) is 5.82 Å². The molecule has 0 spiro atoms. The summed E-state index contributed by atoms with van der Waals surface area (Å²) in [5.74, 6) is -0.237. The van der Waals surface area contributed by atoms with E-state index < -0.39 is 11.9 Å². The molecule has 1 saturated carbocycles. The van der Waals surface area contributed by atoms with E-state index in [1.54, 1.807) is 0 Å². The van der Waals surface area contributed by atoms with Crippen molar-refractivity contribution in [3.8, 4) is 0 Å². The van der Waals surface area contributed by atoms with Crippen molar-refractivity contribution in [3.63, 3.8) is 0 Å². The van der Waals surface area contributed by atoms with Gasteiger partial charge in [-0.05, 0) is 25.0 Å². The largest absolute Gasteiger partial charge is 0.465 e. The highest BCUT2D eigenvalue weighted by atomic mass is 19.1. The average molecular weight is 253 g/mol. The second kappa shape index (κ2) is 5.66. The van der Waals surface area contributed by atoms with Crippen LogP contribution in [-0.2, 0) is 0 Å². The number of nitrogens with zero attached hydrogens (tertiary/aromatic N) is 1. The van der Waals surface area contributed by atoms with E-state index in [4.69, 9.17) is 5.11 Å². The molecule has 0 aromatic carbocycles. The van der Waals surface area contributed by atoms with Crippen molar-refractivity contribution in [2.75, 3.05) is 5.32 Å². The fourth-order valence-corrected chi connectivity index (χ4v) is 2.30. The second-order valence-corrected chi connectivity index (χ2v) is 4.43. The van der Waals surface area contributed by atoms with E-state index in [1.165, 1.54) is 18.3 Å². The van der Waals surface area contributed by atoms with Crippen molar-refractivity contribution in [1.82, 2.24) is 10.3 Å². The first-order valence-corrected chi connectivity index (χ1v) is 6.03. The molecule has 98 valence electrons. The van der Waals surface area contributed by atoms with Gasteiger partial charge in [-0.15, -0.1) is 0 Å². The van der Waals surface area contributed by atoms with E-state index in [0.717, 1.165) is 25.7 Å². The molecule has 5 nitrogen and oxygen atoms in total. The summed E-state index contributed by atoms with van der Waals surface area (Å²) in [5.41, 5.74) is 0. The summed E-state index contributed by atoms with van der Waals surface area (Å²) >= 11 is 0. The van der Waals surface area contributed by atoms with E-state index in [-0.39, 0.29) is 17.9 Å². The maximum atomic E-state index is 13.5. The molecule has 1 heterocycles. The first-order valence-electron chi connectivity index (χ1n) is 6.03. The number of anilines is 1. The molecule has 3 N–H and O–H groups in total. The maximum absolute atomic E-state index is 13.5. The predicted octanol–water partition coefficient (Wildman–Crippen LogP) is 2.21. The van der Waals surface area contributed by atoms with Gasteiger partial charge in [-0.3, -0.25) is 0 Å². The van der Waals surface area contributed by atoms with Crippen LogP contribution in [0.15, 0.2) is 18.3 Å². The Morgan fingerprint density at radius 3 is 2.78 bits per heavy atom. The topological polar surface area (TPSA) is 74.2 Å². The van der Waals surface area contributed by atoms with E-state index >= 15 is 0 Å². The van der Waals surface area contributed by atoms with Gasteiger partial charge in [0.1, 0.15) is 0 Å². The number of rotatable bonds is 3. The quantitative estimate of drug-likeness (QED) is 0.772. The molecule has 0 radical (unpaired) electrons. The minimum Gasteiger partial charge on any atom is -0.465 e. The summed E-state index contributed by atoms with van der Waals surface area (Å²) in [6, 6.07) is 2.54. The molecular weight excluding hydrogens is 237 g/mol. The number of hydrogen-bond donors (Lipinski definition) is 3. The average Bonchev–Trinajstić information content (AvgIpc) is 2.34. The van der Waals surface area contributed by atoms with Crippen LogP contribution in [0.5, 0.6) is 0 Å². The van der Waals surface area contributed by atoms with Crippen LogP contribution in [0.4, 0.5) is 15.0 Å². The first kappa shape index (κ1) is 12.6. The van der Waals surface area contributed by atoms with E-state index in [9.17, 15) is 9.18 Å². The smallest absolute Gasteiger partial charge is 0.404 e. The number of nitrogens with one attached hydrogen (secondary N) is 2. The zero-order chi connectivity index (χ0) is 13.0. The highest BCUT2D eigenvalue weighted by Crippen LogP contribution is 2.22. The van der Waals surface area contributed by atoms with Crippen LogP contribution >= 0.6 is 0 Å². The zero-order valence-corrected chi connectivity index (χ0v) is 9.90. The summed E-state index contributed by atoms with van der Waals surface area (Å²) in [5, 5.41) is 14.2. The number of pyridine rings is 1. The van der Waals surface area contributed by atoms with Gasteiger partial charge < -0.3 is 15.7 Å². The van der Waals surface area contributed by atoms with Crippen molar-refractivity contribution in [3.05, 3.63) is 24.1 Å². The van der Waals surface area contributed by atoms with Crippen molar-refractivity contribution >= 4 is 11.9 Å². The molecular formula is C12H16FN3O2. The Labute approximate surface area is 104 Å². The number of carbonyl (C=O) groups is 1. The molecule has 1 aliphatic rings. The molecule has 1 aliphatic carbocycles. The highest BCUT2D eigenvalue weighted by Gasteiger charge is 2.27. The third-order valence-electron chi connectivity index (χ3n) is 3.16. The number of carboxylic acid groups (broad SMARTS) is 1. The first-order chi connectivity index (χ1) is 8.66. The third kappa shape index (κ3) is 3.09. The van der Waals surface area contributed by atoms with Crippen LogP contribution < -0.4 is 10.6 Å². The number of hydrogen-bond acceptors (Lipinski definition) is 3. The lowest BCUT2D eigenvalue weighted by Crippen LogP contribution is -2.48. The van der Waals surface area contributed by atoms with Gasteiger partial charge in [-0.2, -0.15) is 0 Å². The minimum atomic E-state index is -1.05. The monoisotopic (exact) mass is 253 g/mol. The molecule has 1 fully saturated rings. The van der Waals surface area contributed by atoms with Gasteiger partial charge in [0.25, 0.3) is 0 Å². The molecule has 1 aromatic heterocycles. The second-order valence-electron chi connectivity index (χ2n) is 4.43. The van der Waals surface area contributed by atoms with Crippen LogP contribution in [0.25, 0.3) is 0 Å². The van der Waals surface area contributed by atoms with Gasteiger partial charge in [0.15, 0.2) is 11.6 Å². The summed E-state index contributed by atoms with van der Waals surface area (Å²) in [7, 11) is 0. The van der Waals surface area contributed by atoms with Crippen LogP contribution in [0.3, 0.4) is 0 Å². The molecule has 18 heavy (non-hydrogen) atoms. The lowest BCUT2D eigenvalue weighted by molar-refractivity contribution is 0.184. The molecule has 6 heteroatoms. The van der Waals surface area contributed by atoms with Crippen molar-refractivity contribution < 1.29 is 14.3 Å². The van der Waals surface area contributed by atoms with E-state index in [1.807, 2.05) is 0 Å². The standard InChI is InChI=1S/C12H16FN3O2/c13-8-4-3-7-14-11(8)15-9-5-1-2-6-10(9)16-12(17)18/h3-4,7,9-10,16H,1-2,5-6H2,(H,14,15)(H,17,18)/t9-,10-/m1/s1. The Hall–Kier alpha value is -1.85. The van der Waals surface area contributed by atoms with Gasteiger partial charge >= 0.3 is 6.09 Å². The van der Waals surface area contributed by atoms with Gasteiger partial charge in [-0.25, -0.2) is 14.2 Å². The van der Waals surface area contributed by atoms with Gasteiger partial charge in [-0.1, -0.05) is 12.8 Å². The predicted molar refractivity (Wildman–Crippen MR) is 65.0 cm³/mol. The number of amides is 1. The van der Waals surface area contributed by atoms with Crippen LogP contribution in [-0.4, -0.2) is 28.3 Å². The molecule has 0 unspecified atom stereocenters. The zero-order valence-electron chi connectivity index (χ0n) is 9.90. The molecule has 0 bridgehead atoms. The molecule has 1 amide bonds. The van der Waals surface area contributed by atoms with Crippen molar-refractivity contribution in [2.45, 2.75) is 37.8 Å². The Bertz CT molecular complexity index is 428. The third-order valence-corrected chi connectivity index (χ3v) is 3.16. The Morgan fingerprint density at radius 2 is 2.11 bits per heavy atom. The molecule has 2 rings (SSSR count). The SMILES string of the molecule is O=C(O)N[C@@H]1CCCC[C@H]1Nc1ncccc1F. The maximum Gasteiger partial charge on any atom is 0.404 e. The van der Waals surface area contributed by atoms with E-state index in [2.05, 4.69) is 15.6 Å². The minimum absolute atomic E-state index is 0.112. The van der Waals surface area contributed by atoms with Gasteiger partial charge in [0.2, 0.25) is 0 Å². The summed E-state index contributed by atoms with van der Waals surface area (Å²) < 4.78 is 13.5. The Kier molecular flexibility index (Phi) is 3.96. The molecule has 2 atom stereocenters. The van der Waals surface area contributed by atoms with Crippen LogP contribution in [0.2, 0.25) is 0 Å². The number of halogens is 1. The fraction of sp³-hybridized carbons (Fsp3) is 0.500. The normalized spacial score (nSPS) is 23.4. The summed E-state index contributed by atoms with van der Waals surface area (Å²) in [6.07, 6.45) is 4.01. The van der Waals surface area contributed by atoms with E-state index in [0.29, 0.717) is 0 Å². The highest BCUT2D eigenvalue weighted by molar-refractivity contribution is 5.65. The lowest BCUT2D eigenvalue weighted by Gasteiger charge is -2.32. The fourth-order valence-electron chi connectivity index (χ4n) is 2.30. The summed E-state index contributed by atoms with van der Waals surface area (Å²) in [6.45, 7) is 0. The van der Waals surface area contributed by atoms with Gasteiger partial charge in [0, 0.05) is 12.2 Å². The van der Waals surface area contributed by atoms with Crippen molar-refractivity contribution in [2.24, 2.45) is 0 Å². The number of aromatic nitrogens is 1. The molecule has 0 saturated heterocycles. The molecule has 0 aliphatic heterocycles.